The van der Waals surface area contributed by atoms with E-state index in [1.54, 1.807) is 42.2 Å². The summed E-state index contributed by atoms with van der Waals surface area (Å²) in [4.78, 5) is 26.5. The summed E-state index contributed by atoms with van der Waals surface area (Å²) in [6, 6.07) is 13.3. The molecule has 1 atom stereocenters. The molecule has 2 amide bonds. The van der Waals surface area contributed by atoms with Crippen molar-refractivity contribution in [1.29, 1.82) is 0 Å². The van der Waals surface area contributed by atoms with Gasteiger partial charge in [0.25, 0.3) is 5.91 Å². The second-order valence-corrected chi connectivity index (χ2v) is 10.3. The van der Waals surface area contributed by atoms with Crippen LogP contribution in [0, 0.1) is 0 Å². The number of carbonyl (C=O) groups excluding carboxylic acids is 2. The number of ether oxygens (including phenoxy) is 1. The van der Waals surface area contributed by atoms with Gasteiger partial charge in [0.15, 0.2) is 6.10 Å². The molecule has 2 aliphatic heterocycles. The molecular formula is C24H29N3O5S. The lowest BCUT2D eigenvalue weighted by atomic mass is 10.2. The van der Waals surface area contributed by atoms with Gasteiger partial charge in [-0.05, 0) is 62.6 Å². The molecule has 2 heterocycles. The van der Waals surface area contributed by atoms with E-state index >= 15 is 0 Å². The predicted octanol–water partition coefficient (Wildman–Crippen LogP) is 3.39. The molecule has 176 valence electrons. The lowest BCUT2D eigenvalue weighted by Crippen LogP contribution is -2.35. The minimum absolute atomic E-state index is 0.0867. The number of nitrogens with zero attached hydrogens (tertiary/aromatic N) is 2. The monoisotopic (exact) mass is 471 g/mol. The predicted molar refractivity (Wildman–Crippen MR) is 126 cm³/mol. The van der Waals surface area contributed by atoms with Gasteiger partial charge in [-0.2, -0.15) is 4.31 Å². The molecule has 33 heavy (non-hydrogen) atoms. The van der Waals surface area contributed by atoms with E-state index in [4.69, 9.17) is 4.74 Å². The average Bonchev–Trinajstić information content (AvgIpc) is 3.26. The highest BCUT2D eigenvalue weighted by atomic mass is 32.2. The summed E-state index contributed by atoms with van der Waals surface area (Å²) >= 11 is 0. The van der Waals surface area contributed by atoms with Crippen LogP contribution >= 0.6 is 0 Å². The molecule has 2 fully saturated rings. The first kappa shape index (κ1) is 23.3. The zero-order valence-electron chi connectivity index (χ0n) is 18.7. The maximum Gasteiger partial charge on any atom is 0.265 e. The summed E-state index contributed by atoms with van der Waals surface area (Å²) in [6.45, 7) is 3.41. The number of nitrogens with one attached hydrogen (secondary N) is 1. The molecule has 9 heteroatoms. The van der Waals surface area contributed by atoms with Gasteiger partial charge in [-0.1, -0.05) is 12.5 Å². The Hall–Kier alpha value is -2.91. The van der Waals surface area contributed by atoms with Crippen molar-refractivity contribution >= 4 is 33.2 Å². The standard InChI is InChI=1S/C24H29N3O5S/c1-18(32-21-8-5-7-20(17-21)27-16-6-9-23(27)28)24(29)25-19-10-12-22(13-11-19)33(30,31)26-14-3-2-4-15-26/h5,7-8,10-13,17-18H,2-4,6,9,14-16H2,1H3,(H,25,29)/t18-/m0/s1. The summed E-state index contributed by atoms with van der Waals surface area (Å²) in [6.07, 6.45) is 3.40. The molecule has 0 bridgehead atoms. The molecule has 2 aromatic carbocycles. The minimum atomic E-state index is -3.51. The fourth-order valence-corrected chi connectivity index (χ4v) is 5.63. The molecule has 0 radical (unpaired) electrons. The molecular weight excluding hydrogens is 442 g/mol. The topological polar surface area (TPSA) is 96.0 Å². The van der Waals surface area contributed by atoms with Crippen molar-refractivity contribution in [2.75, 3.05) is 29.9 Å². The second-order valence-electron chi connectivity index (χ2n) is 8.38. The quantitative estimate of drug-likeness (QED) is 0.668. The van der Waals surface area contributed by atoms with Gasteiger partial charge < -0.3 is 15.0 Å². The molecule has 0 saturated carbocycles. The number of rotatable bonds is 7. The van der Waals surface area contributed by atoms with Crippen LogP contribution in [0.25, 0.3) is 0 Å². The lowest BCUT2D eigenvalue weighted by Gasteiger charge is -2.25. The maximum atomic E-state index is 12.8. The van der Waals surface area contributed by atoms with Gasteiger partial charge in [0.05, 0.1) is 4.90 Å². The molecule has 8 nitrogen and oxygen atoms in total. The van der Waals surface area contributed by atoms with E-state index in [1.807, 2.05) is 6.07 Å². The number of hydrogen-bond donors (Lipinski definition) is 1. The normalized spacial score (nSPS) is 18.2. The van der Waals surface area contributed by atoms with Gasteiger partial charge in [-0.25, -0.2) is 8.42 Å². The van der Waals surface area contributed by atoms with Gasteiger partial charge in [0.1, 0.15) is 5.75 Å². The number of sulfonamides is 1. The highest BCUT2D eigenvalue weighted by Crippen LogP contribution is 2.26. The Morgan fingerprint density at radius 1 is 1.00 bits per heavy atom. The Balaban J connectivity index is 1.37. The van der Waals surface area contributed by atoms with E-state index < -0.39 is 16.1 Å². The molecule has 1 N–H and O–H groups in total. The van der Waals surface area contributed by atoms with Gasteiger partial charge in [-0.15, -0.1) is 0 Å². The number of anilines is 2. The highest BCUT2D eigenvalue weighted by molar-refractivity contribution is 7.89. The first-order valence-electron chi connectivity index (χ1n) is 11.3. The number of amides is 2. The van der Waals surface area contributed by atoms with E-state index in [1.165, 1.54) is 16.4 Å². The van der Waals surface area contributed by atoms with Crippen molar-refractivity contribution in [1.82, 2.24) is 4.31 Å². The lowest BCUT2D eigenvalue weighted by molar-refractivity contribution is -0.122. The zero-order chi connectivity index (χ0) is 23.4. The Labute approximate surface area is 194 Å². The number of piperidine rings is 1. The van der Waals surface area contributed by atoms with Crippen LogP contribution in [0.15, 0.2) is 53.4 Å². The molecule has 0 aromatic heterocycles. The Kier molecular flexibility index (Phi) is 6.99. The minimum Gasteiger partial charge on any atom is -0.481 e. The molecule has 0 aliphatic carbocycles. The fraction of sp³-hybridized carbons (Fsp3) is 0.417. The number of carbonyl (C=O) groups is 2. The molecule has 4 rings (SSSR count). The fourth-order valence-electron chi connectivity index (χ4n) is 4.11. The van der Waals surface area contributed by atoms with Crippen LogP contribution in [-0.2, 0) is 19.6 Å². The molecule has 2 saturated heterocycles. The van der Waals surface area contributed by atoms with Gasteiger partial charge in [0.2, 0.25) is 15.9 Å². The second kappa shape index (κ2) is 9.93. The van der Waals surface area contributed by atoms with E-state index in [-0.39, 0.29) is 16.7 Å². The van der Waals surface area contributed by atoms with Crippen molar-refractivity contribution in [3.05, 3.63) is 48.5 Å². The third-order valence-corrected chi connectivity index (χ3v) is 7.87. The highest BCUT2D eigenvalue weighted by Gasteiger charge is 2.26. The summed E-state index contributed by atoms with van der Waals surface area (Å²) in [5, 5.41) is 2.76. The van der Waals surface area contributed by atoms with Crippen molar-refractivity contribution in [2.45, 2.75) is 50.0 Å². The van der Waals surface area contributed by atoms with Crippen LogP contribution in [0.5, 0.6) is 5.75 Å². The summed E-state index contributed by atoms with van der Waals surface area (Å²) in [5.41, 5.74) is 1.25. The first-order valence-corrected chi connectivity index (χ1v) is 12.8. The molecule has 0 unspecified atom stereocenters. The van der Waals surface area contributed by atoms with Crippen molar-refractivity contribution in [3.8, 4) is 5.75 Å². The maximum absolute atomic E-state index is 12.8. The summed E-state index contributed by atoms with van der Waals surface area (Å²) in [5.74, 6) is 0.228. The Bertz CT molecular complexity index is 1110. The van der Waals surface area contributed by atoms with Gasteiger partial charge in [0, 0.05) is 43.5 Å². The summed E-state index contributed by atoms with van der Waals surface area (Å²) < 4.78 is 32.8. The van der Waals surface area contributed by atoms with Crippen LogP contribution < -0.4 is 15.0 Å². The largest absolute Gasteiger partial charge is 0.481 e. The first-order chi connectivity index (χ1) is 15.8. The summed E-state index contributed by atoms with van der Waals surface area (Å²) in [7, 11) is -3.51. The van der Waals surface area contributed by atoms with E-state index in [2.05, 4.69) is 5.32 Å². The SMILES string of the molecule is C[C@H](Oc1cccc(N2CCCC2=O)c1)C(=O)Nc1ccc(S(=O)(=O)N2CCCCC2)cc1. The Morgan fingerprint density at radius 2 is 1.73 bits per heavy atom. The molecule has 0 spiro atoms. The van der Waals surface area contributed by atoms with Crippen LogP contribution in [-0.4, -0.2) is 50.3 Å². The Morgan fingerprint density at radius 3 is 2.39 bits per heavy atom. The van der Waals surface area contributed by atoms with E-state index in [0.717, 1.165) is 31.4 Å². The number of benzene rings is 2. The molecule has 2 aliphatic rings. The van der Waals surface area contributed by atoms with Crippen LogP contribution in [0.4, 0.5) is 11.4 Å². The van der Waals surface area contributed by atoms with E-state index in [0.29, 0.717) is 37.5 Å². The van der Waals surface area contributed by atoms with E-state index in [9.17, 15) is 18.0 Å². The third-order valence-electron chi connectivity index (χ3n) is 5.96. The average molecular weight is 472 g/mol. The molecule has 2 aromatic rings. The van der Waals surface area contributed by atoms with Crippen LogP contribution in [0.1, 0.15) is 39.0 Å². The van der Waals surface area contributed by atoms with Gasteiger partial charge >= 0.3 is 0 Å². The third kappa shape index (κ3) is 5.36. The van der Waals surface area contributed by atoms with Crippen molar-refractivity contribution in [3.63, 3.8) is 0 Å². The zero-order valence-corrected chi connectivity index (χ0v) is 19.5. The van der Waals surface area contributed by atoms with Crippen LogP contribution in [0.2, 0.25) is 0 Å². The van der Waals surface area contributed by atoms with Crippen molar-refractivity contribution < 1.29 is 22.7 Å². The van der Waals surface area contributed by atoms with Crippen molar-refractivity contribution in [2.24, 2.45) is 0 Å². The van der Waals surface area contributed by atoms with Gasteiger partial charge in [-0.3, -0.25) is 9.59 Å². The number of hydrogen-bond acceptors (Lipinski definition) is 5. The smallest absolute Gasteiger partial charge is 0.265 e. The van der Waals surface area contributed by atoms with Crippen LogP contribution in [0.3, 0.4) is 0 Å².